The first-order chi connectivity index (χ1) is 15.7. The van der Waals surface area contributed by atoms with Crippen LogP contribution in [0, 0.1) is 6.92 Å². The van der Waals surface area contributed by atoms with Crippen LogP contribution in [0.25, 0.3) is 0 Å². The van der Waals surface area contributed by atoms with Crippen molar-refractivity contribution in [1.82, 2.24) is 4.98 Å². The molecule has 0 spiro atoms. The van der Waals surface area contributed by atoms with Crippen LogP contribution >= 0.6 is 23.1 Å². The second-order valence-electron chi connectivity index (χ2n) is 6.91. The highest BCUT2D eigenvalue weighted by molar-refractivity contribution is 8.00. The van der Waals surface area contributed by atoms with Crippen molar-refractivity contribution in [2.75, 3.05) is 22.4 Å². The van der Waals surface area contributed by atoms with E-state index in [9.17, 15) is 18.0 Å². The molecular weight excluding hydrogens is 482 g/mol. The number of hydrogen-bond acceptors (Lipinski definition) is 8. The Morgan fingerprint density at radius 1 is 1.09 bits per heavy atom. The largest absolute Gasteiger partial charge is 0.466 e. The number of sulfonamides is 1. The summed E-state index contributed by atoms with van der Waals surface area (Å²) in [6.07, 6.45) is 0.0645. The number of anilines is 2. The molecule has 3 aromatic rings. The number of nitrogens with one attached hydrogen (secondary N) is 2. The van der Waals surface area contributed by atoms with E-state index in [-0.39, 0.29) is 28.9 Å². The number of amides is 1. The summed E-state index contributed by atoms with van der Waals surface area (Å²) in [5, 5.41) is 4.83. The minimum atomic E-state index is -3.67. The predicted molar refractivity (Wildman–Crippen MR) is 130 cm³/mol. The molecule has 0 saturated heterocycles. The number of esters is 1. The van der Waals surface area contributed by atoms with Gasteiger partial charge in [0.2, 0.25) is 5.91 Å². The van der Waals surface area contributed by atoms with Gasteiger partial charge in [-0.15, -0.1) is 23.1 Å². The van der Waals surface area contributed by atoms with Gasteiger partial charge in [-0.25, -0.2) is 13.4 Å². The van der Waals surface area contributed by atoms with Gasteiger partial charge >= 0.3 is 5.97 Å². The summed E-state index contributed by atoms with van der Waals surface area (Å²) in [5.74, 6) is -0.441. The van der Waals surface area contributed by atoms with Gasteiger partial charge in [-0.2, -0.15) is 0 Å². The van der Waals surface area contributed by atoms with Crippen molar-refractivity contribution in [1.29, 1.82) is 0 Å². The fourth-order valence-electron chi connectivity index (χ4n) is 2.66. The van der Waals surface area contributed by atoms with Gasteiger partial charge in [0.05, 0.1) is 29.4 Å². The van der Waals surface area contributed by atoms with Crippen molar-refractivity contribution in [2.45, 2.75) is 30.1 Å². The molecule has 2 N–H and O–H groups in total. The Morgan fingerprint density at radius 2 is 1.79 bits per heavy atom. The van der Waals surface area contributed by atoms with E-state index in [1.807, 2.05) is 6.92 Å². The van der Waals surface area contributed by atoms with Crippen LogP contribution in [-0.2, 0) is 30.8 Å². The SMILES string of the molecule is CCOC(=O)Cc1csc(NC(=O)CSc2ccc(NS(=O)(=O)c3ccc(C)cc3)cc2)n1. The van der Waals surface area contributed by atoms with E-state index >= 15 is 0 Å². The summed E-state index contributed by atoms with van der Waals surface area (Å²) in [4.78, 5) is 28.9. The maximum Gasteiger partial charge on any atom is 0.311 e. The van der Waals surface area contributed by atoms with Gasteiger partial charge in [0.25, 0.3) is 10.0 Å². The van der Waals surface area contributed by atoms with Gasteiger partial charge in [0.1, 0.15) is 0 Å². The maximum absolute atomic E-state index is 12.5. The molecule has 0 aliphatic heterocycles. The molecule has 11 heteroatoms. The fourth-order valence-corrected chi connectivity index (χ4v) is 5.14. The molecule has 0 aliphatic rings. The molecule has 1 amide bonds. The Morgan fingerprint density at radius 3 is 2.45 bits per heavy atom. The van der Waals surface area contributed by atoms with Crippen LogP contribution < -0.4 is 10.0 Å². The summed E-state index contributed by atoms with van der Waals surface area (Å²) in [6.45, 7) is 3.93. The Balaban J connectivity index is 1.49. The third-order valence-electron chi connectivity index (χ3n) is 4.24. The Hall–Kier alpha value is -2.89. The van der Waals surface area contributed by atoms with Crippen molar-refractivity contribution >= 4 is 55.8 Å². The summed E-state index contributed by atoms with van der Waals surface area (Å²) in [7, 11) is -3.67. The molecule has 0 saturated carbocycles. The number of carbonyl (C=O) groups excluding carboxylic acids is 2. The number of ether oxygens (including phenoxy) is 1. The Bertz CT molecular complexity index is 1210. The van der Waals surface area contributed by atoms with Crippen LogP contribution in [0.4, 0.5) is 10.8 Å². The minimum absolute atomic E-state index is 0.0645. The van der Waals surface area contributed by atoms with Crippen LogP contribution in [-0.4, -0.2) is 37.6 Å². The normalized spacial score (nSPS) is 11.1. The zero-order valence-electron chi connectivity index (χ0n) is 18.0. The molecule has 0 aliphatic carbocycles. The molecule has 0 bridgehead atoms. The zero-order chi connectivity index (χ0) is 23.8. The zero-order valence-corrected chi connectivity index (χ0v) is 20.5. The number of aryl methyl sites for hydroxylation is 1. The minimum Gasteiger partial charge on any atom is -0.466 e. The van der Waals surface area contributed by atoms with Crippen LogP contribution in [0.15, 0.2) is 63.7 Å². The Labute approximate surface area is 200 Å². The average Bonchev–Trinajstić information content (AvgIpc) is 3.20. The number of aromatic nitrogens is 1. The number of thioether (sulfide) groups is 1. The lowest BCUT2D eigenvalue weighted by molar-refractivity contribution is -0.142. The highest BCUT2D eigenvalue weighted by Crippen LogP contribution is 2.23. The highest BCUT2D eigenvalue weighted by Gasteiger charge is 2.14. The first-order valence-electron chi connectivity index (χ1n) is 9.97. The average molecular weight is 506 g/mol. The lowest BCUT2D eigenvalue weighted by Gasteiger charge is -2.09. The third kappa shape index (κ3) is 7.58. The number of benzene rings is 2. The molecule has 0 fully saturated rings. The fraction of sp³-hybridized carbons (Fsp3) is 0.227. The van der Waals surface area contributed by atoms with E-state index in [1.165, 1.54) is 23.1 Å². The van der Waals surface area contributed by atoms with Gasteiger partial charge in [0.15, 0.2) is 5.13 Å². The number of rotatable bonds is 10. The first-order valence-corrected chi connectivity index (χ1v) is 13.3. The van der Waals surface area contributed by atoms with Gasteiger partial charge in [-0.05, 0) is 50.2 Å². The van der Waals surface area contributed by atoms with Crippen molar-refractivity contribution < 1.29 is 22.7 Å². The van der Waals surface area contributed by atoms with E-state index in [1.54, 1.807) is 60.8 Å². The van der Waals surface area contributed by atoms with Gasteiger partial charge in [-0.1, -0.05) is 17.7 Å². The lowest BCUT2D eigenvalue weighted by Crippen LogP contribution is -2.14. The number of carbonyl (C=O) groups is 2. The molecular formula is C22H23N3O5S3. The van der Waals surface area contributed by atoms with Crippen LogP contribution in [0.5, 0.6) is 0 Å². The quantitative estimate of drug-likeness (QED) is 0.315. The lowest BCUT2D eigenvalue weighted by atomic mass is 10.2. The van der Waals surface area contributed by atoms with E-state index in [0.717, 1.165) is 10.5 Å². The predicted octanol–water partition coefficient (Wildman–Crippen LogP) is 4.09. The van der Waals surface area contributed by atoms with Gasteiger partial charge in [0, 0.05) is 16.0 Å². The molecule has 33 heavy (non-hydrogen) atoms. The Kier molecular flexibility index (Phi) is 8.48. The van der Waals surface area contributed by atoms with Gasteiger partial charge in [-0.3, -0.25) is 14.3 Å². The van der Waals surface area contributed by atoms with E-state index < -0.39 is 10.0 Å². The summed E-state index contributed by atoms with van der Waals surface area (Å²) >= 11 is 2.55. The molecule has 3 rings (SSSR count). The standard InChI is InChI=1S/C22H23N3O5S3/c1-3-30-21(27)12-17-13-32-22(23-17)24-20(26)14-31-18-8-6-16(7-9-18)25-33(28,29)19-10-4-15(2)5-11-19/h4-11,13,25H,3,12,14H2,1-2H3,(H,23,24,26). The van der Waals surface area contributed by atoms with E-state index in [4.69, 9.17) is 4.74 Å². The smallest absolute Gasteiger partial charge is 0.311 e. The van der Waals surface area contributed by atoms with Crippen molar-refractivity contribution in [3.8, 4) is 0 Å². The van der Waals surface area contributed by atoms with Crippen molar-refractivity contribution in [3.63, 3.8) is 0 Å². The molecule has 2 aromatic carbocycles. The molecule has 8 nitrogen and oxygen atoms in total. The molecule has 0 atom stereocenters. The molecule has 1 heterocycles. The van der Waals surface area contributed by atoms with Crippen LogP contribution in [0.2, 0.25) is 0 Å². The number of nitrogens with zero attached hydrogens (tertiary/aromatic N) is 1. The van der Waals surface area contributed by atoms with Crippen LogP contribution in [0.1, 0.15) is 18.2 Å². The molecule has 174 valence electrons. The second-order valence-corrected chi connectivity index (χ2v) is 10.5. The number of hydrogen-bond donors (Lipinski definition) is 2. The summed E-state index contributed by atoms with van der Waals surface area (Å²) in [6, 6.07) is 13.4. The molecule has 1 aromatic heterocycles. The first kappa shape index (κ1) is 24.7. The molecule has 0 unspecified atom stereocenters. The topological polar surface area (TPSA) is 114 Å². The highest BCUT2D eigenvalue weighted by atomic mass is 32.2. The van der Waals surface area contributed by atoms with Crippen molar-refractivity contribution in [2.24, 2.45) is 0 Å². The third-order valence-corrected chi connectivity index (χ3v) is 7.45. The van der Waals surface area contributed by atoms with Gasteiger partial charge < -0.3 is 10.1 Å². The number of thiazole rings is 1. The molecule has 0 radical (unpaired) electrons. The van der Waals surface area contributed by atoms with E-state index in [2.05, 4.69) is 15.0 Å². The second kappa shape index (κ2) is 11.3. The maximum atomic E-state index is 12.5. The van der Waals surface area contributed by atoms with Crippen LogP contribution in [0.3, 0.4) is 0 Å². The summed E-state index contributed by atoms with van der Waals surface area (Å²) < 4.78 is 32.4. The van der Waals surface area contributed by atoms with Crippen molar-refractivity contribution in [3.05, 3.63) is 65.2 Å². The van der Waals surface area contributed by atoms with E-state index in [0.29, 0.717) is 23.1 Å². The monoisotopic (exact) mass is 505 g/mol. The summed E-state index contributed by atoms with van der Waals surface area (Å²) in [5.41, 5.74) is 1.96.